The van der Waals surface area contributed by atoms with Crippen LogP contribution in [0, 0.1) is 0 Å². The van der Waals surface area contributed by atoms with Gasteiger partial charge in [-0.1, -0.05) is 70.8 Å². The minimum atomic E-state index is -0.146. The van der Waals surface area contributed by atoms with Gasteiger partial charge in [-0.2, -0.15) is 4.98 Å². The maximum absolute atomic E-state index is 13.2. The maximum atomic E-state index is 13.2. The minimum absolute atomic E-state index is 0.146. The molecule has 1 heterocycles. The number of benzene rings is 3. The molecule has 0 spiro atoms. The van der Waals surface area contributed by atoms with Crippen molar-refractivity contribution in [3.8, 4) is 11.4 Å². The van der Waals surface area contributed by atoms with Crippen LogP contribution in [0.15, 0.2) is 83.4 Å². The van der Waals surface area contributed by atoms with Gasteiger partial charge < -0.3 is 9.42 Å². The number of hydrogen-bond acceptors (Lipinski definition) is 4. The summed E-state index contributed by atoms with van der Waals surface area (Å²) in [5.41, 5.74) is 2.30. The Labute approximate surface area is 190 Å². The lowest BCUT2D eigenvalue weighted by atomic mass is 10.1. The first kappa shape index (κ1) is 21.1. The highest BCUT2D eigenvalue weighted by atomic mass is 35.5. The lowest BCUT2D eigenvalue weighted by Crippen LogP contribution is -2.32. The topological polar surface area (TPSA) is 59.2 Å². The Morgan fingerprint density at radius 1 is 0.903 bits per heavy atom. The third kappa shape index (κ3) is 5.32. The number of aromatic nitrogens is 2. The van der Waals surface area contributed by atoms with Crippen LogP contribution >= 0.6 is 23.2 Å². The highest BCUT2D eigenvalue weighted by molar-refractivity contribution is 6.33. The van der Waals surface area contributed by atoms with Gasteiger partial charge in [0, 0.05) is 30.1 Å². The molecule has 7 heteroatoms. The molecular formula is C24H19Cl2N3O2. The molecule has 0 aliphatic carbocycles. The average Bonchev–Trinajstić information content (AvgIpc) is 3.27. The lowest BCUT2D eigenvalue weighted by molar-refractivity contribution is 0.0742. The molecule has 31 heavy (non-hydrogen) atoms. The second-order valence-corrected chi connectivity index (χ2v) is 7.80. The largest absolute Gasteiger partial charge is 0.339 e. The van der Waals surface area contributed by atoms with Gasteiger partial charge in [-0.25, -0.2) is 0 Å². The Balaban J connectivity index is 1.51. The normalized spacial score (nSPS) is 10.8. The van der Waals surface area contributed by atoms with E-state index in [-0.39, 0.29) is 5.91 Å². The second-order valence-electron chi connectivity index (χ2n) is 6.96. The zero-order valence-electron chi connectivity index (χ0n) is 16.5. The summed E-state index contributed by atoms with van der Waals surface area (Å²) in [4.78, 5) is 19.4. The zero-order chi connectivity index (χ0) is 21.6. The Morgan fingerprint density at radius 3 is 2.35 bits per heavy atom. The number of carbonyl (C=O) groups excluding carboxylic acids is 1. The Morgan fingerprint density at radius 2 is 1.61 bits per heavy atom. The van der Waals surface area contributed by atoms with Crippen molar-refractivity contribution in [2.24, 2.45) is 0 Å². The maximum Gasteiger partial charge on any atom is 0.255 e. The Bertz CT molecular complexity index is 1160. The summed E-state index contributed by atoms with van der Waals surface area (Å²) in [6.07, 6.45) is 0.420. The van der Waals surface area contributed by atoms with Crippen molar-refractivity contribution >= 4 is 29.1 Å². The molecule has 3 aromatic carbocycles. The molecule has 4 rings (SSSR count). The predicted molar refractivity (Wildman–Crippen MR) is 121 cm³/mol. The number of halogens is 2. The summed E-state index contributed by atoms with van der Waals surface area (Å²) in [5.74, 6) is 0.792. The van der Waals surface area contributed by atoms with Crippen molar-refractivity contribution < 1.29 is 9.32 Å². The lowest BCUT2D eigenvalue weighted by Gasteiger charge is -2.23. The zero-order valence-corrected chi connectivity index (χ0v) is 18.1. The molecule has 4 aromatic rings. The standard InChI is InChI=1S/C24H19Cl2N3O2/c25-19-12-10-18(11-13-19)23-27-22(31-28-23)14-15-29(16-17-6-2-1-3-7-17)24(30)20-8-4-5-9-21(20)26/h1-13H,14-16H2. The van der Waals surface area contributed by atoms with E-state index in [9.17, 15) is 4.79 Å². The smallest absolute Gasteiger partial charge is 0.255 e. The molecule has 0 aliphatic rings. The van der Waals surface area contributed by atoms with Crippen molar-refractivity contribution in [1.29, 1.82) is 0 Å². The van der Waals surface area contributed by atoms with Gasteiger partial charge in [0.05, 0.1) is 10.6 Å². The van der Waals surface area contributed by atoms with Crippen LogP contribution in [0.4, 0.5) is 0 Å². The number of nitrogens with zero attached hydrogens (tertiary/aromatic N) is 3. The number of hydrogen-bond donors (Lipinski definition) is 0. The van der Waals surface area contributed by atoms with Crippen molar-refractivity contribution in [1.82, 2.24) is 15.0 Å². The van der Waals surface area contributed by atoms with Crippen LogP contribution in [0.25, 0.3) is 11.4 Å². The molecule has 1 amide bonds. The van der Waals surface area contributed by atoms with Gasteiger partial charge in [0.1, 0.15) is 0 Å². The summed E-state index contributed by atoms with van der Waals surface area (Å²) >= 11 is 12.2. The first-order valence-corrected chi connectivity index (χ1v) is 10.5. The van der Waals surface area contributed by atoms with Crippen molar-refractivity contribution in [2.45, 2.75) is 13.0 Å². The molecule has 0 N–H and O–H groups in total. The first-order valence-electron chi connectivity index (χ1n) is 9.76. The number of rotatable bonds is 7. The van der Waals surface area contributed by atoms with E-state index in [0.29, 0.717) is 46.8 Å². The van der Waals surface area contributed by atoms with E-state index in [2.05, 4.69) is 10.1 Å². The fraction of sp³-hybridized carbons (Fsp3) is 0.125. The van der Waals surface area contributed by atoms with Gasteiger partial charge in [0.2, 0.25) is 11.7 Å². The molecule has 0 atom stereocenters. The van der Waals surface area contributed by atoms with Gasteiger partial charge in [0.15, 0.2) is 0 Å². The Kier molecular flexibility index (Phi) is 6.65. The fourth-order valence-electron chi connectivity index (χ4n) is 3.16. The van der Waals surface area contributed by atoms with Crippen molar-refractivity contribution in [3.63, 3.8) is 0 Å². The van der Waals surface area contributed by atoms with E-state index in [4.69, 9.17) is 27.7 Å². The second kappa shape index (κ2) is 9.77. The summed E-state index contributed by atoms with van der Waals surface area (Å²) in [6.45, 7) is 0.851. The summed E-state index contributed by atoms with van der Waals surface area (Å²) in [6, 6.07) is 24.1. The van der Waals surface area contributed by atoms with E-state index in [1.807, 2.05) is 42.5 Å². The minimum Gasteiger partial charge on any atom is -0.339 e. The molecule has 0 radical (unpaired) electrons. The Hall–Kier alpha value is -3.15. The van der Waals surface area contributed by atoms with E-state index >= 15 is 0 Å². The third-order valence-corrected chi connectivity index (χ3v) is 5.36. The van der Waals surface area contributed by atoms with Crippen LogP contribution in [0.1, 0.15) is 21.8 Å². The van der Waals surface area contributed by atoms with Gasteiger partial charge in [-0.15, -0.1) is 0 Å². The first-order chi connectivity index (χ1) is 15.1. The molecular weight excluding hydrogens is 433 g/mol. The molecule has 0 aliphatic heterocycles. The summed E-state index contributed by atoms with van der Waals surface area (Å²) in [7, 11) is 0. The van der Waals surface area contributed by atoms with E-state index < -0.39 is 0 Å². The van der Waals surface area contributed by atoms with E-state index in [0.717, 1.165) is 11.1 Å². The number of amides is 1. The summed E-state index contributed by atoms with van der Waals surface area (Å²) in [5, 5.41) is 5.11. The van der Waals surface area contributed by atoms with Crippen LogP contribution in [0.5, 0.6) is 0 Å². The molecule has 5 nitrogen and oxygen atoms in total. The van der Waals surface area contributed by atoms with Crippen LogP contribution in [0.3, 0.4) is 0 Å². The molecule has 0 unspecified atom stereocenters. The highest BCUT2D eigenvalue weighted by Gasteiger charge is 2.20. The van der Waals surface area contributed by atoms with Crippen LogP contribution in [0.2, 0.25) is 10.0 Å². The van der Waals surface area contributed by atoms with Crippen LogP contribution < -0.4 is 0 Å². The van der Waals surface area contributed by atoms with Gasteiger partial charge in [-0.05, 0) is 42.0 Å². The average molecular weight is 452 g/mol. The number of carbonyl (C=O) groups is 1. The summed E-state index contributed by atoms with van der Waals surface area (Å²) < 4.78 is 5.40. The van der Waals surface area contributed by atoms with Gasteiger partial charge >= 0.3 is 0 Å². The molecule has 0 saturated heterocycles. The molecule has 0 saturated carbocycles. The highest BCUT2D eigenvalue weighted by Crippen LogP contribution is 2.21. The monoisotopic (exact) mass is 451 g/mol. The van der Waals surface area contributed by atoms with Crippen molar-refractivity contribution in [3.05, 3.63) is 106 Å². The third-order valence-electron chi connectivity index (χ3n) is 4.77. The predicted octanol–water partition coefficient (Wildman–Crippen LogP) is 5.93. The molecule has 0 fully saturated rings. The SMILES string of the molecule is O=C(c1ccccc1Cl)N(CCc1nc(-c2ccc(Cl)cc2)no1)Cc1ccccc1. The van der Waals surface area contributed by atoms with E-state index in [1.165, 1.54) is 0 Å². The van der Waals surface area contributed by atoms with Crippen molar-refractivity contribution in [2.75, 3.05) is 6.54 Å². The van der Waals surface area contributed by atoms with Crippen LogP contribution in [-0.2, 0) is 13.0 Å². The van der Waals surface area contributed by atoms with Crippen LogP contribution in [-0.4, -0.2) is 27.5 Å². The molecule has 156 valence electrons. The van der Waals surface area contributed by atoms with E-state index in [1.54, 1.807) is 41.3 Å². The van der Waals surface area contributed by atoms with Gasteiger partial charge in [0.25, 0.3) is 5.91 Å². The van der Waals surface area contributed by atoms with Gasteiger partial charge in [-0.3, -0.25) is 4.79 Å². The fourth-order valence-corrected chi connectivity index (χ4v) is 3.51. The quantitative estimate of drug-likeness (QED) is 0.349. The molecule has 1 aromatic heterocycles. The molecule has 0 bridgehead atoms.